The molecule has 5 rings (SSSR count). The average molecular weight is 439 g/mol. The molecular weight excluding hydrogens is 404 g/mol. The van der Waals surface area contributed by atoms with Crippen molar-refractivity contribution in [1.29, 1.82) is 0 Å². The number of hydrogen-bond acceptors (Lipinski definition) is 3. The second kappa shape index (κ2) is 8.75. The van der Waals surface area contributed by atoms with Gasteiger partial charge < -0.3 is 20.0 Å². The van der Waals surface area contributed by atoms with E-state index >= 15 is 0 Å². The molecule has 0 radical (unpaired) electrons. The Morgan fingerprint density at radius 2 is 1.72 bits per heavy atom. The van der Waals surface area contributed by atoms with E-state index in [1.165, 1.54) is 0 Å². The number of fused-ring (bicyclic) bond motifs is 4. The molecule has 4 fully saturated rings. The minimum absolute atomic E-state index is 0.0368. The Balaban J connectivity index is 1.14. The Labute approximate surface area is 190 Å². The molecule has 4 aliphatic rings. The molecule has 0 aromatic heterocycles. The average Bonchev–Trinajstić information content (AvgIpc) is 2.80. The highest BCUT2D eigenvalue weighted by Crippen LogP contribution is 2.38. The lowest BCUT2D eigenvalue weighted by molar-refractivity contribution is -0.144. The van der Waals surface area contributed by atoms with Gasteiger partial charge in [0, 0.05) is 56.8 Å². The van der Waals surface area contributed by atoms with Crippen LogP contribution in [0, 0.1) is 18.8 Å². The van der Waals surface area contributed by atoms with E-state index in [0.29, 0.717) is 48.9 Å². The molecule has 0 aliphatic carbocycles. The summed E-state index contributed by atoms with van der Waals surface area (Å²) in [7, 11) is 0. The van der Waals surface area contributed by atoms with E-state index in [4.69, 9.17) is 0 Å². The zero-order valence-corrected chi connectivity index (χ0v) is 19.0. The number of likely N-dealkylation sites (tertiary alicyclic amines) is 2. The molecule has 7 heteroatoms. The second-order valence-electron chi connectivity index (χ2n) is 10.2. The van der Waals surface area contributed by atoms with E-state index in [-0.39, 0.29) is 18.0 Å². The lowest BCUT2D eigenvalue weighted by atomic mass is 9.76. The van der Waals surface area contributed by atoms with Crippen molar-refractivity contribution in [1.82, 2.24) is 20.0 Å². The fourth-order valence-electron chi connectivity index (χ4n) is 6.15. The van der Waals surface area contributed by atoms with E-state index in [2.05, 4.69) is 10.2 Å². The summed E-state index contributed by atoms with van der Waals surface area (Å²) in [5.74, 6) is 1.10. The molecule has 0 saturated carbocycles. The van der Waals surface area contributed by atoms with Gasteiger partial charge >= 0.3 is 6.03 Å². The Hall–Kier alpha value is -2.57. The zero-order chi connectivity index (χ0) is 22.2. The van der Waals surface area contributed by atoms with Crippen molar-refractivity contribution in [3.63, 3.8) is 0 Å². The van der Waals surface area contributed by atoms with E-state index < -0.39 is 0 Å². The smallest absolute Gasteiger partial charge is 0.320 e. The molecule has 4 aliphatic heterocycles. The summed E-state index contributed by atoms with van der Waals surface area (Å²) in [5, 5.41) is 3.13. The summed E-state index contributed by atoms with van der Waals surface area (Å²) >= 11 is 0. The number of benzene rings is 1. The number of urea groups is 1. The van der Waals surface area contributed by atoms with Gasteiger partial charge in [0.2, 0.25) is 5.91 Å². The topological polar surface area (TPSA) is 73.0 Å². The lowest BCUT2D eigenvalue weighted by Crippen LogP contribution is -2.62. The third-order valence-electron chi connectivity index (χ3n) is 7.86. The number of aryl methyl sites for hydroxylation is 1. The highest BCUT2D eigenvalue weighted by atomic mass is 16.2. The molecular formula is C25H34N4O3. The molecule has 2 bridgehead atoms. The standard InChI is InChI=1S/C25H34N4O3/c1-17-5-7-19(8-6-17)24(31)26-21-9-11-27(12-10-21)25(32)28-14-18-13-20(16-28)22-3-2-4-23(30)29(22)15-18/h5-8,18,20-22H,2-4,9-16H2,1H3,(H,26,31)/t18-,20-,22-/m1/s1. The molecule has 4 amide bonds. The quantitative estimate of drug-likeness (QED) is 0.772. The Bertz CT molecular complexity index is 878. The Morgan fingerprint density at radius 1 is 0.969 bits per heavy atom. The van der Waals surface area contributed by atoms with Gasteiger partial charge in [-0.3, -0.25) is 9.59 Å². The van der Waals surface area contributed by atoms with Gasteiger partial charge in [0.1, 0.15) is 0 Å². The van der Waals surface area contributed by atoms with Crippen molar-refractivity contribution in [3.05, 3.63) is 35.4 Å². The van der Waals surface area contributed by atoms with Crippen LogP contribution in [0.25, 0.3) is 0 Å². The number of carbonyl (C=O) groups is 3. The zero-order valence-electron chi connectivity index (χ0n) is 19.0. The van der Waals surface area contributed by atoms with E-state index in [1.54, 1.807) is 0 Å². The molecule has 1 aromatic rings. The van der Waals surface area contributed by atoms with Gasteiger partial charge in [-0.25, -0.2) is 4.79 Å². The van der Waals surface area contributed by atoms with Gasteiger partial charge in [-0.05, 0) is 63.0 Å². The molecule has 1 aromatic carbocycles. The number of nitrogens with zero attached hydrogens (tertiary/aromatic N) is 3. The van der Waals surface area contributed by atoms with Gasteiger partial charge in [-0.1, -0.05) is 17.7 Å². The molecule has 4 saturated heterocycles. The summed E-state index contributed by atoms with van der Waals surface area (Å²) < 4.78 is 0. The van der Waals surface area contributed by atoms with Crippen LogP contribution >= 0.6 is 0 Å². The van der Waals surface area contributed by atoms with Crippen LogP contribution in [0.1, 0.15) is 54.4 Å². The van der Waals surface area contributed by atoms with Crippen molar-refractivity contribution >= 4 is 17.8 Å². The maximum absolute atomic E-state index is 13.3. The molecule has 0 spiro atoms. The predicted molar refractivity (Wildman–Crippen MR) is 121 cm³/mol. The number of nitrogens with one attached hydrogen (secondary N) is 1. The molecule has 3 atom stereocenters. The largest absolute Gasteiger partial charge is 0.349 e. The highest BCUT2D eigenvalue weighted by molar-refractivity contribution is 5.94. The van der Waals surface area contributed by atoms with Gasteiger partial charge in [0.25, 0.3) is 5.91 Å². The fourth-order valence-corrected chi connectivity index (χ4v) is 6.15. The van der Waals surface area contributed by atoms with E-state index in [9.17, 15) is 14.4 Å². The van der Waals surface area contributed by atoms with Crippen molar-refractivity contribution in [2.24, 2.45) is 11.8 Å². The minimum Gasteiger partial charge on any atom is -0.349 e. The van der Waals surface area contributed by atoms with Gasteiger partial charge in [-0.15, -0.1) is 0 Å². The van der Waals surface area contributed by atoms with Crippen LogP contribution in [0.4, 0.5) is 4.79 Å². The van der Waals surface area contributed by atoms with Crippen LogP contribution < -0.4 is 5.32 Å². The number of rotatable bonds is 2. The first-order chi connectivity index (χ1) is 15.5. The van der Waals surface area contributed by atoms with Crippen molar-refractivity contribution in [2.75, 3.05) is 32.7 Å². The van der Waals surface area contributed by atoms with Crippen molar-refractivity contribution in [2.45, 2.75) is 57.5 Å². The Morgan fingerprint density at radius 3 is 2.47 bits per heavy atom. The summed E-state index contributed by atoms with van der Waals surface area (Å²) in [6.07, 6.45) is 5.47. The first-order valence-electron chi connectivity index (χ1n) is 12.2. The van der Waals surface area contributed by atoms with Crippen molar-refractivity contribution < 1.29 is 14.4 Å². The number of carbonyl (C=O) groups excluding carboxylic acids is 3. The van der Waals surface area contributed by atoms with Crippen LogP contribution in [0.15, 0.2) is 24.3 Å². The fraction of sp³-hybridized carbons (Fsp3) is 0.640. The summed E-state index contributed by atoms with van der Waals surface area (Å²) in [6, 6.07) is 8.19. The molecule has 32 heavy (non-hydrogen) atoms. The molecule has 0 unspecified atom stereocenters. The van der Waals surface area contributed by atoms with Crippen LogP contribution in [-0.2, 0) is 4.79 Å². The van der Waals surface area contributed by atoms with Gasteiger partial charge in [0.15, 0.2) is 0 Å². The molecule has 7 nitrogen and oxygen atoms in total. The van der Waals surface area contributed by atoms with Crippen LogP contribution in [0.3, 0.4) is 0 Å². The van der Waals surface area contributed by atoms with Crippen LogP contribution in [0.2, 0.25) is 0 Å². The van der Waals surface area contributed by atoms with E-state index in [1.807, 2.05) is 41.0 Å². The number of piperidine rings is 4. The first-order valence-corrected chi connectivity index (χ1v) is 12.2. The normalized spacial score (nSPS) is 28.3. The van der Waals surface area contributed by atoms with Crippen LogP contribution in [0.5, 0.6) is 0 Å². The Kier molecular flexibility index (Phi) is 5.82. The molecule has 172 valence electrons. The molecule has 1 N–H and O–H groups in total. The lowest BCUT2D eigenvalue weighted by Gasteiger charge is -2.53. The summed E-state index contributed by atoms with van der Waals surface area (Å²) in [5.41, 5.74) is 1.82. The third kappa shape index (κ3) is 4.21. The highest BCUT2D eigenvalue weighted by Gasteiger charge is 2.45. The minimum atomic E-state index is -0.0368. The third-order valence-corrected chi connectivity index (χ3v) is 7.86. The summed E-state index contributed by atoms with van der Waals surface area (Å²) in [6.45, 7) is 5.71. The maximum atomic E-state index is 13.3. The monoisotopic (exact) mass is 438 g/mol. The molecule has 4 heterocycles. The maximum Gasteiger partial charge on any atom is 0.320 e. The first kappa shape index (κ1) is 21.3. The van der Waals surface area contributed by atoms with Gasteiger partial charge in [-0.2, -0.15) is 0 Å². The summed E-state index contributed by atoms with van der Waals surface area (Å²) in [4.78, 5) is 44.2. The SMILES string of the molecule is Cc1ccc(C(=O)NC2CCN(C(=O)N3C[C@H]4C[C@H](C3)[C@H]3CCCC(=O)N3C4)CC2)cc1. The van der Waals surface area contributed by atoms with Crippen molar-refractivity contribution in [3.8, 4) is 0 Å². The number of amides is 4. The van der Waals surface area contributed by atoms with Crippen LogP contribution in [-0.4, -0.2) is 77.4 Å². The second-order valence-corrected chi connectivity index (χ2v) is 10.2. The number of hydrogen-bond donors (Lipinski definition) is 1. The van der Waals surface area contributed by atoms with Gasteiger partial charge in [0.05, 0.1) is 0 Å². The van der Waals surface area contributed by atoms with E-state index in [0.717, 1.165) is 57.3 Å². The predicted octanol–water partition coefficient (Wildman–Crippen LogP) is 2.64.